The molecule has 0 spiro atoms. The Balaban J connectivity index is 0.000000310. The molecule has 1 saturated heterocycles. The topological polar surface area (TPSA) is 18.5 Å². The van der Waals surface area contributed by atoms with Crippen molar-refractivity contribution in [3.8, 4) is 0 Å². The van der Waals surface area contributed by atoms with Gasteiger partial charge in [0.2, 0.25) is 0 Å². The van der Waals surface area contributed by atoms with Crippen molar-refractivity contribution in [1.29, 1.82) is 0 Å². The molecule has 0 aromatic carbocycles. The SMILES string of the molecule is CCOC1CSC(C)O1.[I][V]([I])[I]. The number of hydrogen-bond donors (Lipinski definition) is 0. The van der Waals surface area contributed by atoms with Crippen LogP contribution in [0, 0.1) is 0 Å². The van der Waals surface area contributed by atoms with Crippen molar-refractivity contribution >= 4 is 71.7 Å². The summed E-state index contributed by atoms with van der Waals surface area (Å²) in [5.41, 5.74) is 0.321. The summed E-state index contributed by atoms with van der Waals surface area (Å²) >= 11 is 9.19. The number of hydrogen-bond acceptors (Lipinski definition) is 3. The van der Waals surface area contributed by atoms with Crippen LogP contribution in [0.5, 0.6) is 0 Å². The molecule has 0 N–H and O–H groups in total. The standard InChI is InChI=1S/C6H12O2S.3HI.V/c1-3-7-6-4-9-5(2)8-6;;;;/h5-6H,3-4H2,1-2H3;3*1H;/q;;;;+3/p-3. The van der Waals surface area contributed by atoms with E-state index in [0.29, 0.717) is 5.44 Å². The van der Waals surface area contributed by atoms with Crippen LogP contribution in [-0.4, -0.2) is 24.1 Å². The van der Waals surface area contributed by atoms with E-state index in [9.17, 15) is 0 Å². The number of thioether (sulfide) groups is 1. The van der Waals surface area contributed by atoms with E-state index in [2.05, 4.69) is 59.9 Å². The molecule has 0 bridgehead atoms. The van der Waals surface area contributed by atoms with E-state index >= 15 is 0 Å². The molecule has 2 nitrogen and oxygen atoms in total. The summed E-state index contributed by atoms with van der Waals surface area (Å²) in [4.78, 5) is -0.278. The van der Waals surface area contributed by atoms with Crippen LogP contribution in [0.4, 0.5) is 0 Å². The predicted molar refractivity (Wildman–Crippen MR) is 80.5 cm³/mol. The Labute approximate surface area is 122 Å². The van der Waals surface area contributed by atoms with E-state index in [1.54, 1.807) is 11.8 Å². The predicted octanol–water partition coefficient (Wildman–Crippen LogP) is 4.11. The fraction of sp³-hybridized carbons (Fsp3) is 1.00. The molecule has 1 rings (SSSR count). The quantitative estimate of drug-likeness (QED) is 0.459. The Hall–Kier alpha value is 3.04. The van der Waals surface area contributed by atoms with Gasteiger partial charge in [0.05, 0.1) is 0 Å². The first-order chi connectivity index (χ1) is 6.06. The van der Waals surface area contributed by atoms with Gasteiger partial charge in [-0.3, -0.25) is 0 Å². The minimum atomic E-state index is -0.278. The molecule has 0 aliphatic carbocycles. The zero-order valence-corrected chi connectivity index (χ0v) is 16.1. The third-order valence-electron chi connectivity index (χ3n) is 1.16. The fourth-order valence-electron chi connectivity index (χ4n) is 0.780. The van der Waals surface area contributed by atoms with Crippen LogP contribution < -0.4 is 0 Å². The summed E-state index contributed by atoms with van der Waals surface area (Å²) in [6.45, 7) is 4.78. The first-order valence-electron chi connectivity index (χ1n) is 3.72. The average molecular weight is 580 g/mol. The zero-order valence-electron chi connectivity index (χ0n) is 7.37. The number of halogens is 3. The third kappa shape index (κ3) is 11.3. The summed E-state index contributed by atoms with van der Waals surface area (Å²) in [6, 6.07) is 0. The molecule has 0 amide bonds. The van der Waals surface area contributed by atoms with Crippen LogP contribution in [0.15, 0.2) is 0 Å². The summed E-state index contributed by atoms with van der Waals surface area (Å²) in [5.74, 6) is 0.981. The van der Waals surface area contributed by atoms with Crippen LogP contribution in [-0.2, 0) is 14.4 Å². The van der Waals surface area contributed by atoms with Crippen molar-refractivity contribution in [2.24, 2.45) is 0 Å². The Bertz CT molecular complexity index is 126. The maximum absolute atomic E-state index is 5.34. The second-order valence-electron chi connectivity index (χ2n) is 2.11. The van der Waals surface area contributed by atoms with Gasteiger partial charge in [-0.2, -0.15) is 0 Å². The van der Waals surface area contributed by atoms with Crippen molar-refractivity contribution in [3.05, 3.63) is 0 Å². The molecule has 0 saturated carbocycles. The fourth-order valence-corrected chi connectivity index (χ4v) is 1.59. The Morgan fingerprint density at radius 3 is 2.38 bits per heavy atom. The van der Waals surface area contributed by atoms with E-state index in [4.69, 9.17) is 9.47 Å². The summed E-state index contributed by atoms with van der Waals surface area (Å²) in [5, 5.41) is 0. The number of ether oxygens (including phenoxy) is 2. The Morgan fingerprint density at radius 2 is 2.08 bits per heavy atom. The molecule has 0 aromatic rings. The molecule has 13 heavy (non-hydrogen) atoms. The zero-order chi connectivity index (χ0) is 10.3. The second kappa shape index (κ2) is 10.2. The maximum atomic E-state index is 5.34. The van der Waals surface area contributed by atoms with Crippen molar-refractivity contribution in [1.82, 2.24) is 0 Å². The molecule has 7 heteroatoms. The average Bonchev–Trinajstić information content (AvgIpc) is 2.35. The summed E-state index contributed by atoms with van der Waals surface area (Å²) in [6.07, 6.45) is 0.0509. The van der Waals surface area contributed by atoms with Gasteiger partial charge in [-0.15, -0.1) is 11.8 Å². The van der Waals surface area contributed by atoms with Gasteiger partial charge in [-0.1, -0.05) is 0 Å². The van der Waals surface area contributed by atoms with Gasteiger partial charge in [0.1, 0.15) is 5.44 Å². The van der Waals surface area contributed by atoms with Crippen LogP contribution in [0.3, 0.4) is 0 Å². The van der Waals surface area contributed by atoms with E-state index < -0.39 is 0 Å². The molecule has 80 valence electrons. The van der Waals surface area contributed by atoms with E-state index in [0.717, 1.165) is 12.4 Å². The van der Waals surface area contributed by atoms with Crippen molar-refractivity contribution in [2.45, 2.75) is 25.6 Å². The van der Waals surface area contributed by atoms with Crippen LogP contribution in [0.1, 0.15) is 13.8 Å². The Kier molecular flexibility index (Phi) is 12.6. The van der Waals surface area contributed by atoms with E-state index in [-0.39, 0.29) is 11.2 Å². The third-order valence-corrected chi connectivity index (χ3v) is 2.21. The van der Waals surface area contributed by atoms with Gasteiger partial charge in [-0.05, 0) is 13.8 Å². The van der Waals surface area contributed by atoms with Crippen molar-refractivity contribution in [2.75, 3.05) is 12.4 Å². The summed E-state index contributed by atoms with van der Waals surface area (Å²) in [7, 11) is 0. The van der Waals surface area contributed by atoms with Gasteiger partial charge in [-0.25, -0.2) is 0 Å². The van der Waals surface area contributed by atoms with Crippen molar-refractivity contribution < 1.29 is 14.4 Å². The molecule has 0 aromatic heterocycles. The molecule has 0 radical (unpaired) electrons. The van der Waals surface area contributed by atoms with Gasteiger partial charge in [0.15, 0.2) is 6.29 Å². The molecule has 1 heterocycles. The van der Waals surface area contributed by atoms with Gasteiger partial charge >= 0.3 is 64.9 Å². The van der Waals surface area contributed by atoms with Crippen LogP contribution in [0.25, 0.3) is 0 Å². The molecular formula is C6H12I3O2SV. The molecule has 2 unspecified atom stereocenters. The number of rotatable bonds is 2. The van der Waals surface area contributed by atoms with Crippen LogP contribution in [0.2, 0.25) is 0 Å². The first-order valence-corrected chi connectivity index (χ1v) is 18.3. The monoisotopic (exact) mass is 580 g/mol. The van der Waals surface area contributed by atoms with Crippen LogP contribution >= 0.6 is 71.7 Å². The van der Waals surface area contributed by atoms with Gasteiger partial charge in [0.25, 0.3) is 0 Å². The van der Waals surface area contributed by atoms with E-state index in [1.807, 2.05) is 13.8 Å². The normalized spacial score (nSPS) is 27.2. The van der Waals surface area contributed by atoms with E-state index in [1.165, 1.54) is 0 Å². The molecule has 2 atom stereocenters. The molecule has 1 aliphatic rings. The first kappa shape index (κ1) is 16.0. The van der Waals surface area contributed by atoms with Crippen molar-refractivity contribution in [3.63, 3.8) is 0 Å². The van der Waals surface area contributed by atoms with Gasteiger partial charge in [0, 0.05) is 12.4 Å². The molecule has 1 fully saturated rings. The van der Waals surface area contributed by atoms with Gasteiger partial charge < -0.3 is 9.47 Å². The molecular weight excluding hydrogens is 568 g/mol. The Morgan fingerprint density at radius 1 is 1.54 bits per heavy atom. The second-order valence-corrected chi connectivity index (χ2v) is 38.8. The minimum absolute atomic E-state index is 0.0509. The summed E-state index contributed by atoms with van der Waals surface area (Å²) < 4.78 is 10.6. The molecule has 1 aliphatic heterocycles.